The van der Waals surface area contributed by atoms with Crippen molar-refractivity contribution in [3.05, 3.63) is 76.8 Å². The lowest BCUT2D eigenvalue weighted by Gasteiger charge is -2.09. The zero-order chi connectivity index (χ0) is 24.5. The van der Waals surface area contributed by atoms with E-state index >= 15 is 0 Å². The molecule has 5 rings (SSSR count). The number of azo groups is 1. The zero-order valence-corrected chi connectivity index (χ0v) is 20.3. The van der Waals surface area contributed by atoms with Gasteiger partial charge in [0.15, 0.2) is 5.69 Å². The number of methoxy groups -OCH3 is 2. The number of benzene rings is 3. The minimum Gasteiger partial charge on any atom is -0.497 e. The van der Waals surface area contributed by atoms with Gasteiger partial charge in [0.1, 0.15) is 11.5 Å². The van der Waals surface area contributed by atoms with Crippen LogP contribution in [-0.2, 0) is 0 Å². The Balaban J connectivity index is 1.62. The Labute approximate surface area is 208 Å². The van der Waals surface area contributed by atoms with Gasteiger partial charge in [0.2, 0.25) is 5.88 Å². The van der Waals surface area contributed by atoms with Gasteiger partial charge in [0, 0.05) is 20.8 Å². The van der Waals surface area contributed by atoms with Crippen LogP contribution in [0.4, 0.5) is 5.69 Å². The lowest BCUT2D eigenvalue weighted by molar-refractivity contribution is 0.0996. The average Bonchev–Trinajstić information content (AvgIpc) is 3.20. The van der Waals surface area contributed by atoms with E-state index in [2.05, 4.69) is 31.1 Å². The maximum Gasteiger partial charge on any atom is 0.296 e. The van der Waals surface area contributed by atoms with Crippen LogP contribution in [0.3, 0.4) is 0 Å². The zero-order valence-electron chi connectivity index (χ0n) is 18.7. The highest BCUT2D eigenvalue weighted by molar-refractivity contribution is 9.10. The van der Waals surface area contributed by atoms with Gasteiger partial charge in [-0.05, 0) is 54.6 Å². The van der Waals surface area contributed by atoms with Crippen LogP contribution in [-0.4, -0.2) is 35.2 Å². The number of hydrogen-bond donors (Lipinski definition) is 2. The van der Waals surface area contributed by atoms with Crippen molar-refractivity contribution < 1.29 is 19.4 Å². The van der Waals surface area contributed by atoms with Crippen molar-refractivity contribution in [3.8, 4) is 28.6 Å². The fourth-order valence-electron chi connectivity index (χ4n) is 3.80. The molecular weight excluding hydrogens is 512 g/mol. The Morgan fingerprint density at radius 2 is 1.63 bits per heavy atom. The van der Waals surface area contributed by atoms with Crippen molar-refractivity contribution >= 4 is 49.3 Å². The van der Waals surface area contributed by atoms with Gasteiger partial charge >= 0.3 is 0 Å². The number of amides is 1. The summed E-state index contributed by atoms with van der Waals surface area (Å²) in [6.45, 7) is 0. The fourth-order valence-corrected chi connectivity index (χ4v) is 4.06. The van der Waals surface area contributed by atoms with Gasteiger partial charge in [-0.2, -0.15) is 0 Å². The molecule has 0 atom stereocenters. The Morgan fingerprint density at radius 1 is 0.943 bits per heavy atom. The highest BCUT2D eigenvalue weighted by Gasteiger charge is 2.17. The van der Waals surface area contributed by atoms with E-state index in [-0.39, 0.29) is 11.6 Å². The molecule has 35 heavy (non-hydrogen) atoms. The standard InChI is InChI=1S/C26H19BrN4O4/c1-34-16-7-9-21-18(11-16)19(13-23(28-21)14-3-5-15(27)6-4-14)25(32)31-30-24-20-12-17(35-2)8-10-22(20)29-26(24)33/h3-13,29,33H,1-2H3. The molecule has 0 aliphatic rings. The second-order valence-electron chi connectivity index (χ2n) is 7.68. The first kappa shape index (κ1) is 22.5. The predicted molar refractivity (Wildman–Crippen MR) is 137 cm³/mol. The predicted octanol–water partition coefficient (Wildman–Crippen LogP) is 6.79. The molecule has 8 nitrogen and oxygen atoms in total. The molecule has 2 N–H and O–H groups in total. The first-order chi connectivity index (χ1) is 17.0. The number of carbonyl (C=O) groups is 1. The second kappa shape index (κ2) is 9.19. The Bertz CT molecular complexity index is 1610. The van der Waals surface area contributed by atoms with E-state index in [0.717, 1.165) is 10.0 Å². The summed E-state index contributed by atoms with van der Waals surface area (Å²) in [4.78, 5) is 20.9. The van der Waals surface area contributed by atoms with E-state index < -0.39 is 5.91 Å². The maximum atomic E-state index is 13.3. The minimum absolute atomic E-state index is 0.149. The van der Waals surface area contributed by atoms with Crippen molar-refractivity contribution in [3.63, 3.8) is 0 Å². The number of aromatic hydroxyl groups is 1. The number of nitrogens with one attached hydrogen (secondary N) is 1. The average molecular weight is 531 g/mol. The molecule has 0 radical (unpaired) electrons. The van der Waals surface area contributed by atoms with Crippen LogP contribution in [0.5, 0.6) is 17.4 Å². The first-order valence-corrected chi connectivity index (χ1v) is 11.4. The molecule has 0 saturated carbocycles. The number of carbonyl (C=O) groups excluding carboxylic acids is 1. The van der Waals surface area contributed by atoms with Gasteiger partial charge in [-0.1, -0.05) is 28.1 Å². The third-order valence-electron chi connectivity index (χ3n) is 5.59. The van der Waals surface area contributed by atoms with Gasteiger partial charge in [-0.25, -0.2) is 4.98 Å². The molecule has 174 valence electrons. The van der Waals surface area contributed by atoms with E-state index in [9.17, 15) is 9.90 Å². The smallest absolute Gasteiger partial charge is 0.296 e. The van der Waals surface area contributed by atoms with Crippen LogP contribution < -0.4 is 9.47 Å². The molecule has 9 heteroatoms. The minimum atomic E-state index is -0.583. The first-order valence-electron chi connectivity index (χ1n) is 10.6. The van der Waals surface area contributed by atoms with Gasteiger partial charge in [0.05, 0.1) is 36.5 Å². The molecule has 2 heterocycles. The molecule has 0 aliphatic heterocycles. The third-order valence-corrected chi connectivity index (χ3v) is 6.11. The van der Waals surface area contributed by atoms with Gasteiger partial charge in [0.25, 0.3) is 5.91 Å². The van der Waals surface area contributed by atoms with E-state index in [0.29, 0.717) is 44.6 Å². The molecule has 1 amide bonds. The van der Waals surface area contributed by atoms with Crippen LogP contribution in [0.15, 0.2) is 81.4 Å². The quantitative estimate of drug-likeness (QED) is 0.243. The monoisotopic (exact) mass is 530 g/mol. The van der Waals surface area contributed by atoms with Gasteiger partial charge in [-0.3, -0.25) is 4.79 Å². The number of pyridine rings is 1. The number of rotatable bonds is 5. The molecule has 5 aromatic rings. The molecule has 0 spiro atoms. The molecule has 3 aromatic carbocycles. The number of ether oxygens (including phenoxy) is 2. The number of aromatic nitrogens is 2. The summed E-state index contributed by atoms with van der Waals surface area (Å²) in [6, 6.07) is 19.9. The number of H-pyrrole nitrogens is 1. The Morgan fingerprint density at radius 3 is 2.34 bits per heavy atom. The van der Waals surface area contributed by atoms with Crippen molar-refractivity contribution in [2.75, 3.05) is 14.2 Å². The van der Waals surface area contributed by atoms with Crippen LogP contribution in [0.1, 0.15) is 10.4 Å². The Hall–Kier alpha value is -4.24. The number of hydrogen-bond acceptors (Lipinski definition) is 6. The SMILES string of the molecule is COc1ccc2nc(-c3ccc(Br)cc3)cc(C(=O)N=Nc3c(O)[nH]c4ccc(OC)cc34)c2c1. The second-order valence-corrected chi connectivity index (χ2v) is 8.60. The molecule has 0 saturated heterocycles. The molecule has 0 bridgehead atoms. The Kier molecular flexibility index (Phi) is 5.92. The van der Waals surface area contributed by atoms with Crippen molar-refractivity contribution in [2.45, 2.75) is 0 Å². The molecule has 0 fully saturated rings. The summed E-state index contributed by atoms with van der Waals surface area (Å²) in [7, 11) is 3.10. The maximum absolute atomic E-state index is 13.3. The molecule has 0 unspecified atom stereocenters. The summed E-state index contributed by atoms with van der Waals surface area (Å²) < 4.78 is 11.5. The van der Waals surface area contributed by atoms with Crippen molar-refractivity contribution in [1.29, 1.82) is 0 Å². The molecule has 2 aromatic heterocycles. The molecule has 0 aliphatic carbocycles. The topological polar surface area (TPSA) is 109 Å². The summed E-state index contributed by atoms with van der Waals surface area (Å²) in [5.41, 5.74) is 3.18. The van der Waals surface area contributed by atoms with Gasteiger partial charge < -0.3 is 19.6 Å². The lowest BCUT2D eigenvalue weighted by atomic mass is 10.0. The van der Waals surface area contributed by atoms with Crippen LogP contribution in [0.2, 0.25) is 0 Å². The number of halogens is 1. The molecular formula is C26H19BrN4O4. The highest BCUT2D eigenvalue weighted by atomic mass is 79.9. The lowest BCUT2D eigenvalue weighted by Crippen LogP contribution is -1.99. The van der Waals surface area contributed by atoms with Crippen LogP contribution in [0.25, 0.3) is 33.1 Å². The summed E-state index contributed by atoms with van der Waals surface area (Å²) in [5, 5.41) is 19.5. The normalized spacial score (nSPS) is 11.4. The van der Waals surface area contributed by atoms with Gasteiger partial charge in [-0.15, -0.1) is 10.2 Å². The summed E-state index contributed by atoms with van der Waals surface area (Å²) in [6.07, 6.45) is 0. The number of fused-ring (bicyclic) bond motifs is 2. The van der Waals surface area contributed by atoms with Crippen LogP contribution in [0, 0.1) is 0 Å². The number of nitrogens with zero attached hydrogens (tertiary/aromatic N) is 3. The summed E-state index contributed by atoms with van der Waals surface area (Å²) >= 11 is 3.44. The summed E-state index contributed by atoms with van der Waals surface area (Å²) in [5.74, 6) is 0.399. The van der Waals surface area contributed by atoms with Crippen LogP contribution >= 0.6 is 15.9 Å². The van der Waals surface area contributed by atoms with E-state index in [1.54, 1.807) is 56.7 Å². The van der Waals surface area contributed by atoms with Crippen molar-refractivity contribution in [2.24, 2.45) is 10.2 Å². The third kappa shape index (κ3) is 4.33. The largest absolute Gasteiger partial charge is 0.497 e. The number of aromatic amines is 1. The highest BCUT2D eigenvalue weighted by Crippen LogP contribution is 2.37. The van der Waals surface area contributed by atoms with E-state index in [1.807, 2.05) is 24.3 Å². The fraction of sp³-hybridized carbons (Fsp3) is 0.0769. The van der Waals surface area contributed by atoms with E-state index in [4.69, 9.17) is 14.5 Å². The van der Waals surface area contributed by atoms with Crippen molar-refractivity contribution in [1.82, 2.24) is 9.97 Å². The van der Waals surface area contributed by atoms with E-state index in [1.165, 1.54) is 0 Å².